The first kappa shape index (κ1) is 15.3. The van der Waals surface area contributed by atoms with Crippen LogP contribution in [0.3, 0.4) is 0 Å². The lowest BCUT2D eigenvalue weighted by Gasteiger charge is -2.30. The molecule has 0 aromatic heterocycles. The third-order valence-electron chi connectivity index (χ3n) is 4.27. The van der Waals surface area contributed by atoms with Gasteiger partial charge in [-0.05, 0) is 55.8 Å². The average Bonchev–Trinajstić information content (AvgIpc) is 2.50. The zero-order valence-electron chi connectivity index (χ0n) is 12.5. The number of nitrogens with one attached hydrogen (secondary N) is 1. The molecule has 3 nitrogen and oxygen atoms in total. The topological polar surface area (TPSA) is 41.5 Å². The van der Waals surface area contributed by atoms with Gasteiger partial charge in [-0.25, -0.2) is 0 Å². The predicted molar refractivity (Wildman–Crippen MR) is 81.9 cm³/mol. The van der Waals surface area contributed by atoms with Crippen LogP contribution in [-0.4, -0.2) is 24.9 Å². The summed E-state index contributed by atoms with van der Waals surface area (Å²) in [6, 6.07) is 8.28. The van der Waals surface area contributed by atoms with Crippen LogP contribution in [-0.2, 0) is 6.54 Å². The number of hydrogen-bond acceptors (Lipinski definition) is 3. The summed E-state index contributed by atoms with van der Waals surface area (Å²) in [5, 5.41) is 13.0. The fraction of sp³-hybridized carbons (Fsp3) is 0.647. The maximum Gasteiger partial charge on any atom is 0.119 e. The van der Waals surface area contributed by atoms with Crippen molar-refractivity contribution in [3.63, 3.8) is 0 Å². The van der Waals surface area contributed by atoms with Crippen molar-refractivity contribution in [2.75, 3.05) is 19.8 Å². The Hall–Kier alpha value is -1.06. The molecule has 1 fully saturated rings. The third kappa shape index (κ3) is 4.50. The van der Waals surface area contributed by atoms with Crippen LogP contribution in [0.25, 0.3) is 0 Å². The summed E-state index contributed by atoms with van der Waals surface area (Å²) in [7, 11) is 0. The minimum atomic E-state index is 0.343. The van der Waals surface area contributed by atoms with Crippen molar-refractivity contribution in [1.82, 2.24) is 5.32 Å². The number of benzene rings is 1. The van der Waals surface area contributed by atoms with Crippen LogP contribution in [0, 0.1) is 11.8 Å². The second-order valence-electron chi connectivity index (χ2n) is 5.70. The van der Waals surface area contributed by atoms with E-state index in [-0.39, 0.29) is 0 Å². The Labute approximate surface area is 122 Å². The van der Waals surface area contributed by atoms with E-state index in [0.717, 1.165) is 18.8 Å². The summed E-state index contributed by atoms with van der Waals surface area (Å²) in [6.07, 6.45) is 5.03. The molecule has 3 heteroatoms. The summed E-state index contributed by atoms with van der Waals surface area (Å²) in [6.45, 7) is 4.95. The second kappa shape index (κ2) is 8.28. The van der Waals surface area contributed by atoms with E-state index in [0.29, 0.717) is 25.0 Å². The second-order valence-corrected chi connectivity index (χ2v) is 5.70. The lowest BCUT2D eigenvalue weighted by molar-refractivity contribution is 0.133. The molecular formula is C17H27NO2. The lowest BCUT2D eigenvalue weighted by Crippen LogP contribution is -2.32. The monoisotopic (exact) mass is 277 g/mol. The van der Waals surface area contributed by atoms with Crippen LogP contribution in [0.5, 0.6) is 5.75 Å². The number of ether oxygens (including phenoxy) is 1. The largest absolute Gasteiger partial charge is 0.494 e. The molecule has 2 atom stereocenters. The van der Waals surface area contributed by atoms with Crippen LogP contribution in [0.2, 0.25) is 0 Å². The van der Waals surface area contributed by atoms with Crippen molar-refractivity contribution in [2.45, 2.75) is 39.2 Å². The number of aliphatic hydroxyl groups excluding tert-OH is 1. The van der Waals surface area contributed by atoms with Crippen LogP contribution < -0.4 is 10.1 Å². The standard InChI is InChI=1S/C17H27NO2/c1-2-20-17-9-7-14(8-10-17)11-18-12-15-5-3-4-6-16(15)13-19/h7-10,15-16,18-19H,2-6,11-13H2,1H3. The Balaban J connectivity index is 1.74. The summed E-state index contributed by atoms with van der Waals surface area (Å²) in [5.74, 6) is 2.07. The van der Waals surface area contributed by atoms with E-state index in [1.165, 1.54) is 31.2 Å². The highest BCUT2D eigenvalue weighted by atomic mass is 16.5. The van der Waals surface area contributed by atoms with Gasteiger partial charge in [-0.3, -0.25) is 0 Å². The number of aliphatic hydroxyl groups is 1. The van der Waals surface area contributed by atoms with Crippen molar-refractivity contribution in [2.24, 2.45) is 11.8 Å². The molecule has 0 aliphatic heterocycles. The quantitative estimate of drug-likeness (QED) is 0.805. The molecule has 1 saturated carbocycles. The maximum atomic E-state index is 9.42. The summed E-state index contributed by atoms with van der Waals surface area (Å²) in [5.41, 5.74) is 1.28. The minimum Gasteiger partial charge on any atom is -0.494 e. The van der Waals surface area contributed by atoms with Gasteiger partial charge in [0.15, 0.2) is 0 Å². The Bertz CT molecular complexity index is 377. The van der Waals surface area contributed by atoms with Gasteiger partial charge >= 0.3 is 0 Å². The summed E-state index contributed by atoms with van der Waals surface area (Å²) < 4.78 is 5.44. The van der Waals surface area contributed by atoms with E-state index in [1.807, 2.05) is 19.1 Å². The first-order valence-corrected chi connectivity index (χ1v) is 7.86. The smallest absolute Gasteiger partial charge is 0.119 e. The van der Waals surface area contributed by atoms with Gasteiger partial charge in [0.2, 0.25) is 0 Å². The molecule has 20 heavy (non-hydrogen) atoms. The van der Waals surface area contributed by atoms with Gasteiger partial charge in [0.1, 0.15) is 5.75 Å². The highest BCUT2D eigenvalue weighted by Crippen LogP contribution is 2.29. The molecule has 2 rings (SSSR count). The van der Waals surface area contributed by atoms with Crippen molar-refractivity contribution in [1.29, 1.82) is 0 Å². The van der Waals surface area contributed by atoms with Crippen molar-refractivity contribution < 1.29 is 9.84 Å². The molecule has 2 unspecified atom stereocenters. The first-order valence-electron chi connectivity index (χ1n) is 7.86. The van der Waals surface area contributed by atoms with Gasteiger partial charge in [0.05, 0.1) is 6.61 Å². The number of rotatable bonds is 7. The first-order chi connectivity index (χ1) is 9.83. The molecule has 1 aliphatic rings. The zero-order chi connectivity index (χ0) is 14.2. The fourth-order valence-electron chi connectivity index (χ4n) is 3.07. The molecule has 0 saturated heterocycles. The maximum absolute atomic E-state index is 9.42. The Kier molecular flexibility index (Phi) is 6.34. The van der Waals surface area contributed by atoms with Gasteiger partial charge in [-0.15, -0.1) is 0 Å². The van der Waals surface area contributed by atoms with E-state index >= 15 is 0 Å². The van der Waals surface area contributed by atoms with Crippen LogP contribution in [0.15, 0.2) is 24.3 Å². The highest BCUT2D eigenvalue weighted by Gasteiger charge is 2.23. The zero-order valence-corrected chi connectivity index (χ0v) is 12.5. The van der Waals surface area contributed by atoms with E-state index < -0.39 is 0 Å². The number of hydrogen-bond donors (Lipinski definition) is 2. The molecule has 0 heterocycles. The summed E-state index contributed by atoms with van der Waals surface area (Å²) >= 11 is 0. The fourth-order valence-corrected chi connectivity index (χ4v) is 3.07. The van der Waals surface area contributed by atoms with Gasteiger partial charge in [-0.2, -0.15) is 0 Å². The lowest BCUT2D eigenvalue weighted by atomic mass is 9.79. The SMILES string of the molecule is CCOc1ccc(CNCC2CCCCC2CO)cc1. The van der Waals surface area contributed by atoms with Crippen LogP contribution in [0.1, 0.15) is 38.2 Å². The van der Waals surface area contributed by atoms with Crippen molar-refractivity contribution >= 4 is 0 Å². The normalized spacial score (nSPS) is 22.7. The van der Waals surface area contributed by atoms with Crippen molar-refractivity contribution in [3.05, 3.63) is 29.8 Å². The molecule has 1 aromatic carbocycles. The molecule has 0 amide bonds. The Morgan fingerprint density at radius 3 is 2.50 bits per heavy atom. The van der Waals surface area contributed by atoms with Gasteiger partial charge < -0.3 is 15.2 Å². The van der Waals surface area contributed by atoms with E-state index in [4.69, 9.17) is 4.74 Å². The van der Waals surface area contributed by atoms with Crippen LogP contribution in [0.4, 0.5) is 0 Å². The van der Waals surface area contributed by atoms with E-state index in [9.17, 15) is 5.11 Å². The van der Waals surface area contributed by atoms with Crippen LogP contribution >= 0.6 is 0 Å². The Morgan fingerprint density at radius 2 is 1.85 bits per heavy atom. The predicted octanol–water partition coefficient (Wildman–Crippen LogP) is 2.97. The molecule has 0 spiro atoms. The molecule has 1 aliphatic carbocycles. The molecule has 0 bridgehead atoms. The third-order valence-corrected chi connectivity index (χ3v) is 4.27. The minimum absolute atomic E-state index is 0.343. The van der Waals surface area contributed by atoms with E-state index in [2.05, 4.69) is 17.4 Å². The highest BCUT2D eigenvalue weighted by molar-refractivity contribution is 5.27. The van der Waals surface area contributed by atoms with Gasteiger partial charge in [0.25, 0.3) is 0 Å². The Morgan fingerprint density at radius 1 is 1.15 bits per heavy atom. The summed E-state index contributed by atoms with van der Waals surface area (Å²) in [4.78, 5) is 0. The van der Waals surface area contributed by atoms with Gasteiger partial charge in [-0.1, -0.05) is 25.0 Å². The molecule has 112 valence electrons. The van der Waals surface area contributed by atoms with E-state index in [1.54, 1.807) is 0 Å². The molecular weight excluding hydrogens is 250 g/mol. The average molecular weight is 277 g/mol. The van der Waals surface area contributed by atoms with Crippen molar-refractivity contribution in [3.8, 4) is 5.75 Å². The molecule has 0 radical (unpaired) electrons. The molecule has 1 aromatic rings. The van der Waals surface area contributed by atoms with Gasteiger partial charge in [0, 0.05) is 13.2 Å². The molecule has 2 N–H and O–H groups in total.